The summed E-state index contributed by atoms with van der Waals surface area (Å²) < 4.78 is 0.849. The Balaban J connectivity index is 2.28. The average Bonchev–Trinajstić information content (AvgIpc) is 2.41. The first-order chi connectivity index (χ1) is 9.86. The van der Waals surface area contributed by atoms with E-state index in [-0.39, 0.29) is 11.8 Å². The number of nitrogens with one attached hydrogen (secondary N) is 1. The summed E-state index contributed by atoms with van der Waals surface area (Å²) in [5, 5.41) is 2.88. The van der Waals surface area contributed by atoms with Gasteiger partial charge in [-0.3, -0.25) is 4.79 Å². The molecule has 2 aromatic rings. The molecule has 4 nitrogen and oxygen atoms in total. The van der Waals surface area contributed by atoms with Crippen LogP contribution in [0.15, 0.2) is 34.8 Å². The van der Waals surface area contributed by atoms with Crippen molar-refractivity contribution in [3.63, 3.8) is 0 Å². The molecule has 0 aliphatic heterocycles. The molecule has 1 amide bonds. The van der Waals surface area contributed by atoms with E-state index in [9.17, 15) is 4.79 Å². The quantitative estimate of drug-likeness (QED) is 0.877. The first kappa shape index (κ1) is 15.5. The van der Waals surface area contributed by atoms with Crippen LogP contribution in [0, 0.1) is 6.92 Å². The minimum absolute atomic E-state index is 0.199. The molecular weight excluding hydrogens is 330 g/mol. The number of anilines is 2. The number of nitrogen functional groups attached to an aromatic ring is 1. The maximum atomic E-state index is 12.4. The summed E-state index contributed by atoms with van der Waals surface area (Å²) in [4.78, 5) is 16.6. The van der Waals surface area contributed by atoms with Gasteiger partial charge in [0.05, 0.1) is 5.69 Å². The van der Waals surface area contributed by atoms with E-state index in [0.29, 0.717) is 11.4 Å². The maximum absolute atomic E-state index is 12.4. The molecule has 3 N–H and O–H groups in total. The molecule has 0 spiro atoms. The molecule has 0 aliphatic carbocycles. The molecule has 0 bridgehead atoms. The number of nitrogens with two attached hydrogens (primary N) is 1. The smallest absolute Gasteiger partial charge is 0.255 e. The van der Waals surface area contributed by atoms with Gasteiger partial charge in [0.25, 0.3) is 5.91 Å². The van der Waals surface area contributed by atoms with Crippen LogP contribution in [0.1, 0.15) is 41.4 Å². The fourth-order valence-electron chi connectivity index (χ4n) is 1.92. The molecule has 2 rings (SSSR count). The molecular formula is C16H18BrN3O. The van der Waals surface area contributed by atoms with Crippen molar-refractivity contribution in [3.8, 4) is 0 Å². The lowest BCUT2D eigenvalue weighted by Crippen LogP contribution is -2.14. The Morgan fingerprint density at radius 3 is 2.62 bits per heavy atom. The Morgan fingerprint density at radius 2 is 2.00 bits per heavy atom. The van der Waals surface area contributed by atoms with Crippen molar-refractivity contribution in [2.24, 2.45) is 0 Å². The van der Waals surface area contributed by atoms with E-state index in [2.05, 4.69) is 26.2 Å². The first-order valence-corrected chi connectivity index (χ1v) is 7.51. The van der Waals surface area contributed by atoms with Crippen LogP contribution in [0.2, 0.25) is 0 Å². The van der Waals surface area contributed by atoms with Gasteiger partial charge in [-0.1, -0.05) is 19.9 Å². The van der Waals surface area contributed by atoms with Crippen molar-refractivity contribution in [3.05, 3.63) is 51.6 Å². The number of benzene rings is 1. The highest BCUT2D eigenvalue weighted by Crippen LogP contribution is 2.24. The SMILES string of the molecule is Cc1ccc(NC(=O)c2cc(N)nc(C(C)C)c2)c(Br)c1. The van der Waals surface area contributed by atoms with Gasteiger partial charge in [-0.05, 0) is 58.6 Å². The molecule has 1 aromatic carbocycles. The first-order valence-electron chi connectivity index (χ1n) is 6.72. The van der Waals surface area contributed by atoms with E-state index >= 15 is 0 Å². The minimum Gasteiger partial charge on any atom is -0.384 e. The molecule has 0 aliphatic rings. The molecule has 110 valence electrons. The predicted octanol–water partition coefficient (Wildman–Crippen LogP) is 4.11. The molecule has 0 radical (unpaired) electrons. The lowest BCUT2D eigenvalue weighted by molar-refractivity contribution is 0.102. The van der Waals surface area contributed by atoms with Gasteiger partial charge in [-0.25, -0.2) is 4.98 Å². The summed E-state index contributed by atoms with van der Waals surface area (Å²) in [5.41, 5.74) is 8.95. The second-order valence-corrected chi connectivity index (χ2v) is 6.15. The van der Waals surface area contributed by atoms with Gasteiger partial charge >= 0.3 is 0 Å². The highest BCUT2D eigenvalue weighted by atomic mass is 79.9. The van der Waals surface area contributed by atoms with Crippen molar-refractivity contribution in [1.29, 1.82) is 0 Å². The number of aryl methyl sites for hydroxylation is 1. The molecule has 0 saturated heterocycles. The van der Waals surface area contributed by atoms with E-state index < -0.39 is 0 Å². The van der Waals surface area contributed by atoms with E-state index in [1.807, 2.05) is 39.0 Å². The topological polar surface area (TPSA) is 68.0 Å². The Labute approximate surface area is 132 Å². The van der Waals surface area contributed by atoms with E-state index in [1.54, 1.807) is 12.1 Å². The molecule has 0 unspecified atom stereocenters. The van der Waals surface area contributed by atoms with Gasteiger partial charge in [-0.2, -0.15) is 0 Å². The Bertz CT molecular complexity index is 683. The summed E-state index contributed by atoms with van der Waals surface area (Å²) in [5.74, 6) is 0.371. The van der Waals surface area contributed by atoms with Crippen molar-refractivity contribution >= 4 is 33.3 Å². The van der Waals surface area contributed by atoms with Crippen molar-refractivity contribution < 1.29 is 4.79 Å². The number of carbonyl (C=O) groups excluding carboxylic acids is 1. The van der Waals surface area contributed by atoms with Gasteiger partial charge in [-0.15, -0.1) is 0 Å². The monoisotopic (exact) mass is 347 g/mol. The fraction of sp³-hybridized carbons (Fsp3) is 0.250. The Morgan fingerprint density at radius 1 is 1.29 bits per heavy atom. The van der Waals surface area contributed by atoms with Crippen LogP contribution < -0.4 is 11.1 Å². The Kier molecular flexibility index (Phi) is 4.63. The fourth-order valence-corrected chi connectivity index (χ4v) is 2.51. The van der Waals surface area contributed by atoms with E-state index in [4.69, 9.17) is 5.73 Å². The number of carbonyl (C=O) groups is 1. The van der Waals surface area contributed by atoms with Crippen molar-refractivity contribution in [1.82, 2.24) is 4.98 Å². The highest BCUT2D eigenvalue weighted by Gasteiger charge is 2.12. The van der Waals surface area contributed by atoms with Crippen LogP contribution in [0.4, 0.5) is 11.5 Å². The molecule has 0 atom stereocenters. The molecule has 1 heterocycles. The van der Waals surface area contributed by atoms with Crippen LogP contribution >= 0.6 is 15.9 Å². The molecule has 0 fully saturated rings. The van der Waals surface area contributed by atoms with E-state index in [1.165, 1.54) is 0 Å². The Hall–Kier alpha value is -1.88. The number of amides is 1. The average molecular weight is 348 g/mol. The largest absolute Gasteiger partial charge is 0.384 e. The molecule has 0 saturated carbocycles. The second kappa shape index (κ2) is 6.26. The lowest BCUT2D eigenvalue weighted by Gasteiger charge is -2.11. The zero-order chi connectivity index (χ0) is 15.6. The standard InChI is InChI=1S/C16H18BrN3O/c1-9(2)14-7-11(8-15(18)19-14)16(21)20-13-5-4-10(3)6-12(13)17/h4-9H,1-3H3,(H2,18,19)(H,20,21). The molecule has 21 heavy (non-hydrogen) atoms. The van der Waals surface area contributed by atoms with Crippen LogP contribution in [-0.2, 0) is 0 Å². The van der Waals surface area contributed by atoms with Gasteiger partial charge in [0.1, 0.15) is 5.82 Å². The normalized spacial score (nSPS) is 10.7. The van der Waals surface area contributed by atoms with E-state index in [0.717, 1.165) is 21.4 Å². The third kappa shape index (κ3) is 3.82. The van der Waals surface area contributed by atoms with Crippen LogP contribution in [-0.4, -0.2) is 10.9 Å². The van der Waals surface area contributed by atoms with Gasteiger partial charge in [0.2, 0.25) is 0 Å². The second-order valence-electron chi connectivity index (χ2n) is 5.30. The zero-order valence-electron chi connectivity index (χ0n) is 12.3. The summed E-state index contributed by atoms with van der Waals surface area (Å²) in [6.45, 7) is 6.02. The maximum Gasteiger partial charge on any atom is 0.255 e. The number of pyridine rings is 1. The number of hydrogen-bond acceptors (Lipinski definition) is 3. The minimum atomic E-state index is -0.199. The van der Waals surface area contributed by atoms with Crippen molar-refractivity contribution in [2.45, 2.75) is 26.7 Å². The third-order valence-electron chi connectivity index (χ3n) is 3.09. The lowest BCUT2D eigenvalue weighted by atomic mass is 10.1. The number of nitrogens with zero attached hydrogens (tertiary/aromatic N) is 1. The highest BCUT2D eigenvalue weighted by molar-refractivity contribution is 9.10. The number of hydrogen-bond donors (Lipinski definition) is 2. The molecule has 1 aromatic heterocycles. The number of halogens is 1. The van der Waals surface area contributed by atoms with Gasteiger partial charge in [0.15, 0.2) is 0 Å². The summed E-state index contributed by atoms with van der Waals surface area (Å²) in [6, 6.07) is 9.13. The van der Waals surface area contributed by atoms with Crippen molar-refractivity contribution in [2.75, 3.05) is 11.1 Å². The predicted molar refractivity (Wildman–Crippen MR) is 89.6 cm³/mol. The zero-order valence-corrected chi connectivity index (χ0v) is 13.9. The van der Waals surface area contributed by atoms with Crippen LogP contribution in [0.5, 0.6) is 0 Å². The van der Waals surface area contributed by atoms with Crippen LogP contribution in [0.3, 0.4) is 0 Å². The summed E-state index contributed by atoms with van der Waals surface area (Å²) >= 11 is 3.45. The van der Waals surface area contributed by atoms with Gasteiger partial charge in [0, 0.05) is 15.7 Å². The summed E-state index contributed by atoms with van der Waals surface area (Å²) in [7, 11) is 0. The third-order valence-corrected chi connectivity index (χ3v) is 3.75. The number of aromatic nitrogens is 1. The number of rotatable bonds is 3. The van der Waals surface area contributed by atoms with Gasteiger partial charge < -0.3 is 11.1 Å². The summed E-state index contributed by atoms with van der Waals surface area (Å²) in [6.07, 6.45) is 0. The van der Waals surface area contributed by atoms with Crippen LogP contribution in [0.25, 0.3) is 0 Å². The molecule has 5 heteroatoms.